The fourth-order valence-corrected chi connectivity index (χ4v) is 2.40. The highest BCUT2D eigenvalue weighted by Crippen LogP contribution is 2.28. The molecule has 1 aromatic rings. The number of anilines is 1. The van der Waals surface area contributed by atoms with Crippen LogP contribution in [0.15, 0.2) is 12.1 Å². The van der Waals surface area contributed by atoms with Crippen molar-refractivity contribution in [2.24, 2.45) is 5.92 Å². The van der Waals surface area contributed by atoms with E-state index in [9.17, 15) is 9.59 Å². The second-order valence-corrected chi connectivity index (χ2v) is 4.79. The first kappa shape index (κ1) is 14.2. The minimum Gasteiger partial charge on any atom is -0.481 e. The molecule has 1 aliphatic rings. The number of hydrogen-bond donors (Lipinski definition) is 3. The van der Waals surface area contributed by atoms with Crippen molar-refractivity contribution in [2.75, 3.05) is 11.9 Å². The van der Waals surface area contributed by atoms with E-state index in [1.54, 1.807) is 12.1 Å². The van der Waals surface area contributed by atoms with Gasteiger partial charge in [0.15, 0.2) is 5.69 Å². The van der Waals surface area contributed by atoms with Crippen LogP contribution in [0.5, 0.6) is 0 Å². The van der Waals surface area contributed by atoms with Crippen LogP contribution in [0.1, 0.15) is 36.7 Å². The number of amides is 1. The highest BCUT2D eigenvalue weighted by molar-refractivity contribution is 5.92. The summed E-state index contributed by atoms with van der Waals surface area (Å²) in [6.45, 7) is 2.36. The van der Waals surface area contributed by atoms with Crippen LogP contribution in [-0.4, -0.2) is 39.8 Å². The zero-order chi connectivity index (χ0) is 14.5. The first-order valence-electron chi connectivity index (χ1n) is 6.73. The number of carbonyl (C=O) groups excluding carboxylic acids is 1. The number of carboxylic acids is 1. The molecular formula is C13H18N4O3. The molecule has 2 rings (SSSR count). The van der Waals surface area contributed by atoms with E-state index in [2.05, 4.69) is 20.8 Å². The van der Waals surface area contributed by atoms with E-state index in [-0.39, 0.29) is 23.6 Å². The first-order valence-corrected chi connectivity index (χ1v) is 6.73. The molecule has 20 heavy (non-hydrogen) atoms. The monoisotopic (exact) mass is 278 g/mol. The Labute approximate surface area is 116 Å². The molecule has 7 heteroatoms. The van der Waals surface area contributed by atoms with Crippen LogP contribution in [0.25, 0.3) is 0 Å². The molecule has 1 heterocycles. The van der Waals surface area contributed by atoms with Gasteiger partial charge < -0.3 is 15.7 Å². The summed E-state index contributed by atoms with van der Waals surface area (Å²) in [5.74, 6) is -0.946. The predicted molar refractivity (Wildman–Crippen MR) is 72.4 cm³/mol. The zero-order valence-corrected chi connectivity index (χ0v) is 11.3. The smallest absolute Gasteiger partial charge is 0.308 e. The standard InChI is InChI=1S/C13H18N4O3/c1-2-14-12(18)10-6-7-11(17-16-10)15-9-5-3-4-8(9)13(19)20/h6-9H,2-5H2,1H3,(H,14,18)(H,15,17)(H,19,20). The van der Waals surface area contributed by atoms with Gasteiger partial charge in [-0.25, -0.2) is 0 Å². The lowest BCUT2D eigenvalue weighted by atomic mass is 10.0. The molecule has 0 aliphatic heterocycles. The van der Waals surface area contributed by atoms with Crippen molar-refractivity contribution >= 4 is 17.7 Å². The van der Waals surface area contributed by atoms with Crippen molar-refractivity contribution in [1.82, 2.24) is 15.5 Å². The minimum atomic E-state index is -0.785. The van der Waals surface area contributed by atoms with Crippen LogP contribution in [0.3, 0.4) is 0 Å². The Balaban J connectivity index is 2.00. The molecule has 0 saturated heterocycles. The zero-order valence-electron chi connectivity index (χ0n) is 11.3. The number of aromatic nitrogens is 2. The Morgan fingerprint density at radius 3 is 2.75 bits per heavy atom. The van der Waals surface area contributed by atoms with Crippen LogP contribution >= 0.6 is 0 Å². The van der Waals surface area contributed by atoms with Crippen molar-refractivity contribution in [3.63, 3.8) is 0 Å². The summed E-state index contributed by atoms with van der Waals surface area (Å²) in [5.41, 5.74) is 0.249. The van der Waals surface area contributed by atoms with Gasteiger partial charge in [-0.1, -0.05) is 6.42 Å². The minimum absolute atomic E-state index is 0.128. The quantitative estimate of drug-likeness (QED) is 0.739. The molecule has 0 radical (unpaired) electrons. The second-order valence-electron chi connectivity index (χ2n) is 4.79. The van der Waals surface area contributed by atoms with Gasteiger partial charge in [0.05, 0.1) is 5.92 Å². The van der Waals surface area contributed by atoms with Crippen LogP contribution < -0.4 is 10.6 Å². The molecular weight excluding hydrogens is 260 g/mol. The summed E-state index contributed by atoms with van der Waals surface area (Å²) < 4.78 is 0. The Kier molecular flexibility index (Phi) is 4.49. The van der Waals surface area contributed by atoms with E-state index < -0.39 is 5.97 Å². The maximum absolute atomic E-state index is 11.5. The van der Waals surface area contributed by atoms with Crippen LogP contribution in [0, 0.1) is 5.92 Å². The highest BCUT2D eigenvalue weighted by atomic mass is 16.4. The van der Waals surface area contributed by atoms with Gasteiger partial charge >= 0.3 is 5.97 Å². The summed E-state index contributed by atoms with van der Waals surface area (Å²) in [4.78, 5) is 22.6. The lowest BCUT2D eigenvalue weighted by molar-refractivity contribution is -0.141. The van der Waals surface area contributed by atoms with E-state index in [0.717, 1.165) is 12.8 Å². The third kappa shape index (κ3) is 3.23. The maximum Gasteiger partial charge on any atom is 0.308 e. The van der Waals surface area contributed by atoms with Crippen molar-refractivity contribution in [1.29, 1.82) is 0 Å². The topological polar surface area (TPSA) is 104 Å². The molecule has 7 nitrogen and oxygen atoms in total. The number of aliphatic carboxylic acids is 1. The Morgan fingerprint density at radius 2 is 2.15 bits per heavy atom. The van der Waals surface area contributed by atoms with Crippen molar-refractivity contribution in [3.05, 3.63) is 17.8 Å². The lowest BCUT2D eigenvalue weighted by Crippen LogP contribution is -2.30. The number of hydrogen-bond acceptors (Lipinski definition) is 5. The molecule has 1 amide bonds. The number of nitrogens with one attached hydrogen (secondary N) is 2. The Hall–Kier alpha value is -2.18. The van der Waals surface area contributed by atoms with E-state index in [4.69, 9.17) is 5.11 Å². The molecule has 1 fully saturated rings. The van der Waals surface area contributed by atoms with Gasteiger partial charge in [-0.3, -0.25) is 9.59 Å². The first-order chi connectivity index (χ1) is 9.61. The average molecular weight is 278 g/mol. The van der Waals surface area contributed by atoms with E-state index in [1.807, 2.05) is 6.92 Å². The van der Waals surface area contributed by atoms with Gasteiger partial charge in [-0.05, 0) is 31.9 Å². The summed E-state index contributed by atoms with van der Waals surface area (Å²) in [6.07, 6.45) is 2.37. The SMILES string of the molecule is CCNC(=O)c1ccc(NC2CCCC2C(=O)O)nn1. The maximum atomic E-state index is 11.5. The fourth-order valence-electron chi connectivity index (χ4n) is 2.40. The number of carboxylic acid groups (broad SMARTS) is 1. The van der Waals surface area contributed by atoms with E-state index >= 15 is 0 Å². The summed E-state index contributed by atoms with van der Waals surface area (Å²) in [7, 11) is 0. The highest BCUT2D eigenvalue weighted by Gasteiger charge is 2.33. The molecule has 1 saturated carbocycles. The normalized spacial score (nSPS) is 21.4. The third-order valence-corrected chi connectivity index (χ3v) is 3.40. The van der Waals surface area contributed by atoms with Gasteiger partial charge in [0.1, 0.15) is 5.82 Å². The van der Waals surface area contributed by atoms with Crippen LogP contribution in [0.2, 0.25) is 0 Å². The van der Waals surface area contributed by atoms with Crippen LogP contribution in [0.4, 0.5) is 5.82 Å². The van der Waals surface area contributed by atoms with Gasteiger partial charge in [0, 0.05) is 12.6 Å². The fraction of sp³-hybridized carbons (Fsp3) is 0.538. The van der Waals surface area contributed by atoms with E-state index in [0.29, 0.717) is 18.8 Å². The van der Waals surface area contributed by atoms with Crippen molar-refractivity contribution < 1.29 is 14.7 Å². The lowest BCUT2D eigenvalue weighted by Gasteiger charge is -2.17. The number of carbonyl (C=O) groups is 2. The summed E-state index contributed by atoms with van der Waals surface area (Å²) >= 11 is 0. The molecule has 3 N–H and O–H groups in total. The summed E-state index contributed by atoms with van der Waals surface area (Å²) in [5, 5.41) is 22.6. The molecule has 2 unspecified atom stereocenters. The molecule has 1 aliphatic carbocycles. The largest absolute Gasteiger partial charge is 0.481 e. The number of nitrogens with zero attached hydrogens (tertiary/aromatic N) is 2. The van der Waals surface area contributed by atoms with Crippen molar-refractivity contribution in [3.8, 4) is 0 Å². The summed E-state index contributed by atoms with van der Waals surface area (Å²) in [6, 6.07) is 3.09. The molecule has 0 spiro atoms. The average Bonchev–Trinajstić information content (AvgIpc) is 2.88. The Bertz CT molecular complexity index is 489. The van der Waals surface area contributed by atoms with Gasteiger partial charge in [-0.2, -0.15) is 0 Å². The molecule has 108 valence electrons. The van der Waals surface area contributed by atoms with Crippen molar-refractivity contribution in [2.45, 2.75) is 32.2 Å². The molecule has 0 bridgehead atoms. The second kappa shape index (κ2) is 6.31. The van der Waals surface area contributed by atoms with Crippen LogP contribution in [-0.2, 0) is 4.79 Å². The molecule has 1 aromatic heterocycles. The number of rotatable bonds is 5. The predicted octanol–water partition coefficient (Wildman–Crippen LogP) is 0.891. The Morgan fingerprint density at radius 1 is 1.35 bits per heavy atom. The van der Waals surface area contributed by atoms with Gasteiger partial charge in [0.25, 0.3) is 5.91 Å². The van der Waals surface area contributed by atoms with E-state index in [1.165, 1.54) is 0 Å². The molecule has 0 aromatic carbocycles. The van der Waals surface area contributed by atoms with Gasteiger partial charge in [0.2, 0.25) is 0 Å². The molecule has 2 atom stereocenters. The third-order valence-electron chi connectivity index (χ3n) is 3.40. The van der Waals surface area contributed by atoms with Gasteiger partial charge in [-0.15, -0.1) is 10.2 Å².